The van der Waals surface area contributed by atoms with Crippen molar-refractivity contribution in [3.63, 3.8) is 0 Å². The van der Waals surface area contributed by atoms with E-state index in [1.807, 2.05) is 13.8 Å². The molecule has 0 saturated carbocycles. The van der Waals surface area contributed by atoms with E-state index in [1.54, 1.807) is 0 Å². The van der Waals surface area contributed by atoms with E-state index in [9.17, 15) is 9.59 Å². The van der Waals surface area contributed by atoms with E-state index in [0.717, 1.165) is 6.42 Å². The lowest BCUT2D eigenvalue weighted by molar-refractivity contribution is -0.129. The highest BCUT2D eigenvalue weighted by Crippen LogP contribution is 2.20. The van der Waals surface area contributed by atoms with Crippen LogP contribution < -0.4 is 11.1 Å². The zero-order chi connectivity index (χ0) is 15.3. The number of esters is 1. The molecule has 0 aliphatic heterocycles. The van der Waals surface area contributed by atoms with Crippen LogP contribution in [0.25, 0.3) is 0 Å². The minimum atomic E-state index is -0.868. The lowest BCUT2D eigenvalue weighted by Crippen LogP contribution is -2.40. The summed E-state index contributed by atoms with van der Waals surface area (Å²) < 4.78 is 5.09. The minimum Gasteiger partial charge on any atom is -0.449 e. The van der Waals surface area contributed by atoms with Crippen LogP contribution in [0.1, 0.15) is 37.6 Å². The van der Waals surface area contributed by atoms with Gasteiger partial charge in [-0.1, -0.05) is 18.5 Å². The summed E-state index contributed by atoms with van der Waals surface area (Å²) >= 11 is 5.83. The standard InChI is InChI=1S/C14H19ClN2O3/c1-4-8(2)17-13(18)9(3)20-14(19)10-5-6-12(16)11(15)7-10/h5-9H,4,16H2,1-3H3,(H,17,18). The molecule has 0 bridgehead atoms. The van der Waals surface area contributed by atoms with Crippen LogP contribution in [-0.2, 0) is 9.53 Å². The van der Waals surface area contributed by atoms with Crippen LogP contribution >= 0.6 is 11.6 Å². The van der Waals surface area contributed by atoms with Crippen molar-refractivity contribution >= 4 is 29.2 Å². The van der Waals surface area contributed by atoms with Gasteiger partial charge in [-0.15, -0.1) is 0 Å². The number of nitrogens with two attached hydrogens (primary N) is 1. The average Bonchev–Trinajstić information content (AvgIpc) is 2.41. The maximum Gasteiger partial charge on any atom is 0.338 e. The largest absolute Gasteiger partial charge is 0.449 e. The predicted molar refractivity (Wildman–Crippen MR) is 78.6 cm³/mol. The highest BCUT2D eigenvalue weighted by molar-refractivity contribution is 6.33. The van der Waals surface area contributed by atoms with Crippen LogP contribution in [0.15, 0.2) is 18.2 Å². The number of nitrogens with one attached hydrogen (secondary N) is 1. The van der Waals surface area contributed by atoms with Gasteiger partial charge in [-0.25, -0.2) is 4.79 Å². The molecule has 6 heteroatoms. The molecule has 0 spiro atoms. The van der Waals surface area contributed by atoms with Gasteiger partial charge in [-0.3, -0.25) is 4.79 Å². The molecule has 3 N–H and O–H groups in total. The Balaban J connectivity index is 2.65. The van der Waals surface area contributed by atoms with Gasteiger partial charge in [-0.05, 0) is 38.5 Å². The monoisotopic (exact) mass is 298 g/mol. The van der Waals surface area contributed by atoms with Crippen LogP contribution in [0.5, 0.6) is 0 Å². The van der Waals surface area contributed by atoms with E-state index in [-0.39, 0.29) is 22.5 Å². The fourth-order valence-corrected chi connectivity index (χ4v) is 1.58. The van der Waals surface area contributed by atoms with Gasteiger partial charge in [0, 0.05) is 6.04 Å². The van der Waals surface area contributed by atoms with E-state index in [2.05, 4.69) is 5.32 Å². The fourth-order valence-electron chi connectivity index (χ4n) is 1.40. The van der Waals surface area contributed by atoms with E-state index < -0.39 is 12.1 Å². The van der Waals surface area contributed by atoms with Gasteiger partial charge in [0.15, 0.2) is 6.10 Å². The Kier molecular flexibility index (Phi) is 5.82. The maximum absolute atomic E-state index is 11.9. The van der Waals surface area contributed by atoms with Crippen molar-refractivity contribution in [3.8, 4) is 0 Å². The van der Waals surface area contributed by atoms with Crippen molar-refractivity contribution in [2.24, 2.45) is 0 Å². The summed E-state index contributed by atoms with van der Waals surface area (Å²) in [7, 11) is 0. The van der Waals surface area contributed by atoms with Gasteiger partial charge in [0.1, 0.15) is 0 Å². The Morgan fingerprint density at radius 3 is 2.60 bits per heavy atom. The van der Waals surface area contributed by atoms with Crippen LogP contribution in [-0.4, -0.2) is 24.0 Å². The highest BCUT2D eigenvalue weighted by atomic mass is 35.5. The van der Waals surface area contributed by atoms with Crippen LogP contribution in [0.3, 0.4) is 0 Å². The van der Waals surface area contributed by atoms with Crippen LogP contribution in [0, 0.1) is 0 Å². The molecule has 1 rings (SSSR count). The van der Waals surface area contributed by atoms with E-state index in [4.69, 9.17) is 22.1 Å². The number of hydrogen-bond acceptors (Lipinski definition) is 4. The first-order valence-corrected chi connectivity index (χ1v) is 6.79. The molecule has 0 aliphatic carbocycles. The molecule has 0 saturated heterocycles. The number of amides is 1. The normalized spacial score (nSPS) is 13.4. The third kappa shape index (κ3) is 4.42. The topological polar surface area (TPSA) is 81.4 Å². The molecule has 0 fully saturated rings. The second-order valence-electron chi connectivity index (χ2n) is 4.60. The fraction of sp³-hybridized carbons (Fsp3) is 0.429. The molecule has 0 aliphatic rings. The van der Waals surface area contributed by atoms with Gasteiger partial charge in [0.25, 0.3) is 5.91 Å². The molecule has 0 radical (unpaired) electrons. The second kappa shape index (κ2) is 7.14. The van der Waals surface area contributed by atoms with E-state index >= 15 is 0 Å². The van der Waals surface area contributed by atoms with Gasteiger partial charge >= 0.3 is 5.97 Å². The minimum absolute atomic E-state index is 0.0367. The average molecular weight is 299 g/mol. The summed E-state index contributed by atoms with van der Waals surface area (Å²) in [4.78, 5) is 23.6. The second-order valence-corrected chi connectivity index (χ2v) is 5.01. The molecular weight excluding hydrogens is 280 g/mol. The van der Waals surface area contributed by atoms with Crippen LogP contribution in [0.2, 0.25) is 5.02 Å². The number of carbonyl (C=O) groups excluding carboxylic acids is 2. The molecule has 20 heavy (non-hydrogen) atoms. The summed E-state index contributed by atoms with van der Waals surface area (Å²) in [5, 5.41) is 3.02. The molecule has 2 atom stereocenters. The van der Waals surface area contributed by atoms with Gasteiger partial charge < -0.3 is 15.8 Å². The zero-order valence-electron chi connectivity index (χ0n) is 11.8. The Hall–Kier alpha value is -1.75. The van der Waals surface area contributed by atoms with Gasteiger partial charge in [0.05, 0.1) is 16.3 Å². The van der Waals surface area contributed by atoms with Gasteiger partial charge in [0.2, 0.25) is 0 Å². The summed E-state index contributed by atoms with van der Waals surface area (Å²) in [6, 6.07) is 4.47. The number of benzene rings is 1. The molecule has 2 unspecified atom stereocenters. The van der Waals surface area contributed by atoms with Crippen molar-refractivity contribution in [2.45, 2.75) is 39.3 Å². The molecule has 110 valence electrons. The van der Waals surface area contributed by atoms with Crippen LogP contribution in [0.4, 0.5) is 5.69 Å². The summed E-state index contributed by atoms with van der Waals surface area (Å²) in [5.74, 6) is -0.937. The third-order valence-electron chi connectivity index (χ3n) is 2.89. The van der Waals surface area contributed by atoms with E-state index in [0.29, 0.717) is 5.69 Å². The Morgan fingerprint density at radius 2 is 2.05 bits per heavy atom. The first-order chi connectivity index (χ1) is 9.35. The number of ether oxygens (including phenoxy) is 1. The lowest BCUT2D eigenvalue weighted by atomic mass is 10.2. The zero-order valence-corrected chi connectivity index (χ0v) is 12.5. The molecule has 0 aromatic heterocycles. The number of anilines is 1. The molecule has 1 aromatic carbocycles. The molecule has 1 amide bonds. The molecular formula is C14H19ClN2O3. The predicted octanol–water partition coefficient (Wildman–Crippen LogP) is 2.38. The summed E-state index contributed by atoms with van der Waals surface area (Å²) in [6.07, 6.45) is -0.0622. The number of carbonyl (C=O) groups is 2. The first kappa shape index (κ1) is 16.3. The third-order valence-corrected chi connectivity index (χ3v) is 3.22. The Labute approximate surface area is 123 Å². The number of halogens is 1. The SMILES string of the molecule is CCC(C)NC(=O)C(C)OC(=O)c1ccc(N)c(Cl)c1. The van der Waals surface area contributed by atoms with E-state index in [1.165, 1.54) is 25.1 Å². The summed E-state index contributed by atoms with van der Waals surface area (Å²) in [5.41, 5.74) is 6.20. The molecule has 0 heterocycles. The summed E-state index contributed by atoms with van der Waals surface area (Å²) in [6.45, 7) is 5.36. The quantitative estimate of drug-likeness (QED) is 0.646. The van der Waals surface area contributed by atoms with Crippen molar-refractivity contribution in [3.05, 3.63) is 28.8 Å². The maximum atomic E-state index is 11.9. The van der Waals surface area contributed by atoms with Crippen molar-refractivity contribution < 1.29 is 14.3 Å². The Bertz CT molecular complexity index is 505. The number of nitrogen functional groups attached to an aromatic ring is 1. The lowest BCUT2D eigenvalue weighted by Gasteiger charge is -2.17. The molecule has 1 aromatic rings. The van der Waals surface area contributed by atoms with Gasteiger partial charge in [-0.2, -0.15) is 0 Å². The van der Waals surface area contributed by atoms with Crippen molar-refractivity contribution in [1.82, 2.24) is 5.32 Å². The number of rotatable bonds is 5. The number of hydrogen-bond donors (Lipinski definition) is 2. The Morgan fingerprint density at radius 1 is 1.40 bits per heavy atom. The molecule has 5 nitrogen and oxygen atoms in total. The first-order valence-electron chi connectivity index (χ1n) is 6.41. The van der Waals surface area contributed by atoms with Crippen molar-refractivity contribution in [1.29, 1.82) is 0 Å². The highest BCUT2D eigenvalue weighted by Gasteiger charge is 2.20. The van der Waals surface area contributed by atoms with Crippen molar-refractivity contribution in [2.75, 3.05) is 5.73 Å². The smallest absolute Gasteiger partial charge is 0.338 e.